The topological polar surface area (TPSA) is 93.3 Å². The van der Waals surface area contributed by atoms with Crippen molar-refractivity contribution >= 4 is 29.3 Å². The van der Waals surface area contributed by atoms with Crippen LogP contribution in [0.2, 0.25) is 0 Å². The van der Waals surface area contributed by atoms with Gasteiger partial charge < -0.3 is 10.8 Å². The van der Waals surface area contributed by atoms with Gasteiger partial charge >= 0.3 is 5.97 Å². The highest BCUT2D eigenvalue weighted by Gasteiger charge is 2.26. The van der Waals surface area contributed by atoms with Gasteiger partial charge in [0.25, 0.3) is 5.91 Å². The zero-order valence-electron chi connectivity index (χ0n) is 8.98. The maximum Gasteiger partial charge on any atom is 0.336 e. The lowest BCUT2D eigenvalue weighted by molar-refractivity contribution is 0.0695. The van der Waals surface area contributed by atoms with E-state index >= 15 is 0 Å². The smallest absolute Gasteiger partial charge is 0.336 e. The third kappa shape index (κ3) is 2.06. The van der Waals surface area contributed by atoms with Crippen LogP contribution in [0, 0.1) is 0 Å². The molecule has 1 amide bonds. The maximum atomic E-state index is 13.7. The minimum atomic E-state index is -1.28. The number of carbonyl (C=O) groups is 2. The first kappa shape index (κ1) is 12.5. The molecule has 94 valence electrons. The second-order valence-electron chi connectivity index (χ2n) is 3.79. The van der Waals surface area contributed by atoms with Crippen LogP contribution >= 0.6 is 11.6 Å². The summed E-state index contributed by atoms with van der Waals surface area (Å²) in [5.41, 5.74) is 4.52. The van der Waals surface area contributed by atoms with Crippen LogP contribution in [0.5, 0.6) is 0 Å². The second-order valence-corrected chi connectivity index (χ2v) is 4.35. The van der Waals surface area contributed by atoms with E-state index in [0.29, 0.717) is 0 Å². The van der Waals surface area contributed by atoms with Gasteiger partial charge in [0.05, 0.1) is 10.9 Å². The summed E-state index contributed by atoms with van der Waals surface area (Å²) in [6.07, 6.45) is 1.26. The van der Waals surface area contributed by atoms with Crippen LogP contribution in [-0.2, 0) is 6.42 Å². The Morgan fingerprint density at radius 1 is 1.56 bits per heavy atom. The SMILES string of the molecule is NC(=O)c1cc(C(=O)O)c2c(n1)C(F)=CC(Cl)C2. The summed E-state index contributed by atoms with van der Waals surface area (Å²) < 4.78 is 13.7. The van der Waals surface area contributed by atoms with Crippen molar-refractivity contribution in [2.24, 2.45) is 5.73 Å². The molecule has 0 fully saturated rings. The Morgan fingerprint density at radius 2 is 2.22 bits per heavy atom. The van der Waals surface area contributed by atoms with Crippen LogP contribution in [0.15, 0.2) is 12.1 Å². The van der Waals surface area contributed by atoms with E-state index < -0.39 is 23.1 Å². The van der Waals surface area contributed by atoms with E-state index in [1.165, 1.54) is 0 Å². The average Bonchev–Trinajstić information content (AvgIpc) is 2.27. The Hall–Kier alpha value is -1.95. The van der Waals surface area contributed by atoms with E-state index in [1.54, 1.807) is 0 Å². The third-order valence-electron chi connectivity index (χ3n) is 2.56. The Labute approximate surface area is 106 Å². The molecule has 1 aliphatic carbocycles. The Morgan fingerprint density at radius 3 is 2.78 bits per heavy atom. The van der Waals surface area contributed by atoms with Gasteiger partial charge in [-0.1, -0.05) is 0 Å². The van der Waals surface area contributed by atoms with Crippen molar-refractivity contribution in [1.29, 1.82) is 0 Å². The number of nitrogens with zero attached hydrogens (tertiary/aromatic N) is 1. The number of aromatic carboxylic acids is 1. The molecule has 0 aliphatic heterocycles. The number of hydrogen-bond acceptors (Lipinski definition) is 3. The average molecular weight is 271 g/mol. The molecule has 1 aliphatic rings. The molecule has 2 rings (SSSR count). The molecule has 0 bridgehead atoms. The quantitative estimate of drug-likeness (QED) is 0.793. The number of rotatable bonds is 2. The Bertz CT molecular complexity index is 586. The van der Waals surface area contributed by atoms with E-state index in [0.717, 1.165) is 12.1 Å². The highest BCUT2D eigenvalue weighted by Crippen LogP contribution is 2.31. The molecule has 18 heavy (non-hydrogen) atoms. The largest absolute Gasteiger partial charge is 0.478 e. The lowest BCUT2D eigenvalue weighted by Crippen LogP contribution is -2.20. The summed E-state index contributed by atoms with van der Waals surface area (Å²) in [5, 5.41) is 8.41. The fourth-order valence-electron chi connectivity index (χ4n) is 1.78. The van der Waals surface area contributed by atoms with Crippen LogP contribution in [0.25, 0.3) is 5.83 Å². The third-order valence-corrected chi connectivity index (χ3v) is 2.84. The number of aromatic nitrogens is 1. The molecule has 1 unspecified atom stereocenters. The first-order valence-corrected chi connectivity index (χ1v) is 5.42. The van der Waals surface area contributed by atoms with E-state index in [9.17, 15) is 14.0 Å². The summed E-state index contributed by atoms with van der Waals surface area (Å²) in [7, 11) is 0. The Kier molecular flexibility index (Phi) is 3.04. The fourth-order valence-corrected chi connectivity index (χ4v) is 2.05. The van der Waals surface area contributed by atoms with Crippen molar-refractivity contribution < 1.29 is 19.1 Å². The highest BCUT2D eigenvalue weighted by molar-refractivity contribution is 6.22. The molecule has 0 saturated heterocycles. The number of amides is 1. The van der Waals surface area contributed by atoms with Gasteiger partial charge in [0.2, 0.25) is 0 Å². The van der Waals surface area contributed by atoms with Crippen LogP contribution < -0.4 is 5.73 Å². The molecule has 1 atom stereocenters. The van der Waals surface area contributed by atoms with Crippen molar-refractivity contribution in [3.8, 4) is 0 Å². The summed E-state index contributed by atoms with van der Waals surface area (Å²) >= 11 is 5.79. The molecular formula is C11H8ClFN2O3. The second kappa shape index (κ2) is 4.38. The normalized spacial score (nSPS) is 17.9. The first-order valence-electron chi connectivity index (χ1n) is 4.99. The molecular weight excluding hydrogens is 263 g/mol. The number of halogens is 2. The van der Waals surface area contributed by atoms with Crippen molar-refractivity contribution in [2.45, 2.75) is 11.8 Å². The Balaban J connectivity index is 2.72. The molecule has 0 saturated carbocycles. The number of carboxylic acids is 1. The van der Waals surface area contributed by atoms with Gasteiger partial charge in [0.1, 0.15) is 17.2 Å². The van der Waals surface area contributed by atoms with Gasteiger partial charge in [-0.05, 0) is 24.1 Å². The van der Waals surface area contributed by atoms with Gasteiger partial charge in [-0.25, -0.2) is 14.2 Å². The minimum absolute atomic E-state index is 0.137. The van der Waals surface area contributed by atoms with E-state index in [1.807, 2.05) is 0 Å². The summed E-state index contributed by atoms with van der Waals surface area (Å²) in [4.78, 5) is 25.9. The first-order chi connectivity index (χ1) is 8.40. The number of nitrogens with two attached hydrogens (primary N) is 1. The number of carbonyl (C=O) groups excluding carboxylic acids is 1. The zero-order chi connectivity index (χ0) is 13.4. The predicted octanol–water partition coefficient (Wildman–Crippen LogP) is 1.35. The monoisotopic (exact) mass is 270 g/mol. The fraction of sp³-hybridized carbons (Fsp3) is 0.182. The van der Waals surface area contributed by atoms with Crippen LogP contribution in [0.3, 0.4) is 0 Å². The molecule has 0 aromatic carbocycles. The maximum absolute atomic E-state index is 13.7. The standard InChI is InChI=1S/C11H8ClFN2O3/c12-4-1-5-6(11(17)18)3-8(10(14)16)15-9(5)7(13)2-4/h2-4H,1H2,(H2,14,16)(H,17,18). The van der Waals surface area contributed by atoms with E-state index in [4.69, 9.17) is 22.4 Å². The number of pyridine rings is 1. The molecule has 1 aromatic rings. The number of fused-ring (bicyclic) bond motifs is 1. The van der Waals surface area contributed by atoms with E-state index in [2.05, 4.69) is 4.98 Å². The minimum Gasteiger partial charge on any atom is -0.478 e. The number of alkyl halides is 1. The summed E-state index contributed by atoms with van der Waals surface area (Å²) in [5.74, 6) is -2.95. The number of allylic oxidation sites excluding steroid dienone is 1. The molecule has 5 nitrogen and oxygen atoms in total. The highest BCUT2D eigenvalue weighted by atomic mass is 35.5. The predicted molar refractivity (Wildman–Crippen MR) is 62.1 cm³/mol. The van der Waals surface area contributed by atoms with Crippen molar-refractivity contribution in [2.75, 3.05) is 0 Å². The molecule has 1 heterocycles. The van der Waals surface area contributed by atoms with Crippen molar-refractivity contribution in [1.82, 2.24) is 4.98 Å². The molecule has 1 aromatic heterocycles. The van der Waals surface area contributed by atoms with Crippen LogP contribution in [0.4, 0.5) is 4.39 Å². The molecule has 0 radical (unpaired) electrons. The zero-order valence-corrected chi connectivity index (χ0v) is 9.74. The summed E-state index contributed by atoms with van der Waals surface area (Å²) in [6, 6.07) is 1.03. The molecule has 0 spiro atoms. The van der Waals surface area contributed by atoms with E-state index in [-0.39, 0.29) is 28.9 Å². The number of hydrogen-bond donors (Lipinski definition) is 2. The van der Waals surface area contributed by atoms with Gasteiger partial charge in [-0.2, -0.15) is 0 Å². The molecule has 3 N–H and O–H groups in total. The van der Waals surface area contributed by atoms with Crippen LogP contribution in [-0.4, -0.2) is 27.3 Å². The van der Waals surface area contributed by atoms with Gasteiger partial charge in [-0.3, -0.25) is 4.79 Å². The van der Waals surface area contributed by atoms with Crippen LogP contribution in [0.1, 0.15) is 32.1 Å². The summed E-state index contributed by atoms with van der Waals surface area (Å²) in [6.45, 7) is 0. The van der Waals surface area contributed by atoms with Crippen molar-refractivity contribution in [3.05, 3.63) is 34.7 Å². The number of carboxylic acid groups (broad SMARTS) is 1. The van der Waals surface area contributed by atoms with Gasteiger partial charge in [0, 0.05) is 0 Å². The lowest BCUT2D eigenvalue weighted by atomic mass is 9.95. The lowest BCUT2D eigenvalue weighted by Gasteiger charge is -2.18. The van der Waals surface area contributed by atoms with Gasteiger partial charge in [0.15, 0.2) is 0 Å². The molecule has 7 heteroatoms. The van der Waals surface area contributed by atoms with Crippen molar-refractivity contribution in [3.63, 3.8) is 0 Å². The van der Waals surface area contributed by atoms with Gasteiger partial charge in [-0.15, -0.1) is 11.6 Å². The number of primary amides is 1.